The van der Waals surface area contributed by atoms with Crippen molar-refractivity contribution in [3.05, 3.63) is 0 Å². The standard InChI is InChI=1S/C9H17N3O2S/c1-7(8(10)15)6-11-9(13)12-2-4-14-5-3-12/h7H,2-6H2,1H3,(H2,10,15)(H,11,13). The van der Waals surface area contributed by atoms with E-state index in [1.807, 2.05) is 6.92 Å². The quantitative estimate of drug-likeness (QED) is 0.668. The van der Waals surface area contributed by atoms with Gasteiger partial charge in [-0.05, 0) is 0 Å². The van der Waals surface area contributed by atoms with E-state index in [0.717, 1.165) is 0 Å². The Labute approximate surface area is 94.9 Å². The number of nitrogens with two attached hydrogens (primary N) is 1. The van der Waals surface area contributed by atoms with E-state index in [1.165, 1.54) is 0 Å². The topological polar surface area (TPSA) is 67.6 Å². The number of urea groups is 1. The van der Waals surface area contributed by atoms with Gasteiger partial charge >= 0.3 is 6.03 Å². The number of rotatable bonds is 3. The average molecular weight is 231 g/mol. The summed E-state index contributed by atoms with van der Waals surface area (Å²) in [6, 6.07) is -0.0681. The maximum Gasteiger partial charge on any atom is 0.317 e. The molecular weight excluding hydrogens is 214 g/mol. The van der Waals surface area contributed by atoms with Crippen LogP contribution < -0.4 is 11.1 Å². The highest BCUT2D eigenvalue weighted by Gasteiger charge is 2.17. The minimum Gasteiger partial charge on any atom is -0.393 e. The molecule has 0 aromatic heterocycles. The average Bonchev–Trinajstić information content (AvgIpc) is 2.26. The third-order valence-corrected chi connectivity index (χ3v) is 2.75. The Morgan fingerprint density at radius 3 is 2.73 bits per heavy atom. The van der Waals surface area contributed by atoms with Crippen molar-refractivity contribution < 1.29 is 9.53 Å². The highest BCUT2D eigenvalue weighted by Crippen LogP contribution is 1.98. The number of thiocarbonyl (C=S) groups is 1. The fourth-order valence-corrected chi connectivity index (χ4v) is 1.30. The van der Waals surface area contributed by atoms with E-state index < -0.39 is 0 Å². The third kappa shape index (κ3) is 4.01. The lowest BCUT2D eigenvalue weighted by Crippen LogP contribution is -2.47. The van der Waals surface area contributed by atoms with Gasteiger partial charge in [0.2, 0.25) is 0 Å². The summed E-state index contributed by atoms with van der Waals surface area (Å²) in [6.45, 7) is 4.89. The molecule has 5 nitrogen and oxygen atoms in total. The molecule has 0 aromatic rings. The number of nitrogens with zero attached hydrogens (tertiary/aromatic N) is 1. The Morgan fingerprint density at radius 2 is 2.20 bits per heavy atom. The molecule has 1 fully saturated rings. The zero-order valence-corrected chi connectivity index (χ0v) is 9.68. The first-order valence-electron chi connectivity index (χ1n) is 5.01. The number of hydrogen-bond acceptors (Lipinski definition) is 3. The molecule has 0 radical (unpaired) electrons. The Kier molecular flexibility index (Phi) is 4.77. The molecule has 15 heavy (non-hydrogen) atoms. The van der Waals surface area contributed by atoms with Gasteiger partial charge in [0.05, 0.1) is 18.2 Å². The lowest BCUT2D eigenvalue weighted by molar-refractivity contribution is 0.0531. The predicted octanol–water partition coefficient (Wildman–Crippen LogP) is -0.0496. The highest BCUT2D eigenvalue weighted by molar-refractivity contribution is 7.80. The van der Waals surface area contributed by atoms with Crippen LogP contribution in [-0.2, 0) is 4.74 Å². The summed E-state index contributed by atoms with van der Waals surface area (Å²) in [5.74, 6) is 0.0324. The number of carbonyl (C=O) groups is 1. The molecule has 0 saturated carbocycles. The lowest BCUT2D eigenvalue weighted by Gasteiger charge is -2.27. The number of ether oxygens (including phenoxy) is 1. The van der Waals surface area contributed by atoms with Crippen LogP contribution in [0.4, 0.5) is 4.79 Å². The Bertz CT molecular complexity index is 242. The van der Waals surface area contributed by atoms with Crippen molar-refractivity contribution in [2.75, 3.05) is 32.8 Å². The fourth-order valence-electron chi connectivity index (χ4n) is 1.22. The number of hydrogen-bond donors (Lipinski definition) is 2. The van der Waals surface area contributed by atoms with Gasteiger partial charge in [0.15, 0.2) is 0 Å². The minimum absolute atomic E-state index is 0.0324. The summed E-state index contributed by atoms with van der Waals surface area (Å²) in [7, 11) is 0. The Hall–Kier alpha value is -0.880. The van der Waals surface area contributed by atoms with E-state index in [2.05, 4.69) is 5.32 Å². The summed E-state index contributed by atoms with van der Waals surface area (Å²) in [6.07, 6.45) is 0. The SMILES string of the molecule is CC(CNC(=O)N1CCOCC1)C(N)=S. The molecule has 1 heterocycles. The van der Waals surface area contributed by atoms with Crippen molar-refractivity contribution >= 4 is 23.2 Å². The zero-order chi connectivity index (χ0) is 11.3. The van der Waals surface area contributed by atoms with E-state index in [9.17, 15) is 4.79 Å². The molecule has 1 rings (SSSR count). The first-order valence-corrected chi connectivity index (χ1v) is 5.42. The fraction of sp³-hybridized carbons (Fsp3) is 0.778. The van der Waals surface area contributed by atoms with Crippen LogP contribution >= 0.6 is 12.2 Å². The second kappa shape index (κ2) is 5.87. The second-order valence-corrected chi connectivity index (χ2v) is 4.06. The van der Waals surface area contributed by atoms with E-state index in [4.69, 9.17) is 22.7 Å². The maximum atomic E-state index is 11.6. The van der Waals surface area contributed by atoms with E-state index in [-0.39, 0.29) is 11.9 Å². The van der Waals surface area contributed by atoms with Gasteiger partial charge in [-0.2, -0.15) is 0 Å². The zero-order valence-electron chi connectivity index (χ0n) is 8.86. The van der Waals surface area contributed by atoms with Crippen LogP contribution in [0.2, 0.25) is 0 Å². The van der Waals surface area contributed by atoms with Crippen LogP contribution in [0.3, 0.4) is 0 Å². The monoisotopic (exact) mass is 231 g/mol. The van der Waals surface area contributed by atoms with Gasteiger partial charge in [-0.3, -0.25) is 0 Å². The molecule has 2 amide bonds. The molecule has 0 bridgehead atoms. The Balaban J connectivity index is 2.25. The van der Waals surface area contributed by atoms with E-state index >= 15 is 0 Å². The number of carbonyl (C=O) groups excluding carboxylic acids is 1. The molecule has 3 N–H and O–H groups in total. The molecule has 1 aliphatic heterocycles. The highest BCUT2D eigenvalue weighted by atomic mass is 32.1. The minimum atomic E-state index is -0.0681. The van der Waals surface area contributed by atoms with Gasteiger partial charge < -0.3 is 20.7 Å². The smallest absolute Gasteiger partial charge is 0.317 e. The molecule has 1 atom stereocenters. The van der Waals surface area contributed by atoms with Gasteiger partial charge in [0.25, 0.3) is 0 Å². The molecule has 0 aromatic carbocycles. The summed E-state index contributed by atoms with van der Waals surface area (Å²) < 4.78 is 5.15. The summed E-state index contributed by atoms with van der Waals surface area (Å²) in [5, 5.41) is 2.80. The molecule has 1 unspecified atom stereocenters. The van der Waals surface area contributed by atoms with E-state index in [1.54, 1.807) is 4.90 Å². The van der Waals surface area contributed by atoms with Crippen LogP contribution in [-0.4, -0.2) is 48.8 Å². The van der Waals surface area contributed by atoms with Crippen LogP contribution in [0.5, 0.6) is 0 Å². The first-order chi connectivity index (χ1) is 7.11. The van der Waals surface area contributed by atoms with Crippen molar-refractivity contribution in [3.8, 4) is 0 Å². The number of amides is 2. The van der Waals surface area contributed by atoms with Gasteiger partial charge in [-0.25, -0.2) is 4.79 Å². The second-order valence-electron chi connectivity index (χ2n) is 3.59. The third-order valence-electron chi connectivity index (χ3n) is 2.34. The lowest BCUT2D eigenvalue weighted by atomic mass is 10.2. The number of morpholine rings is 1. The van der Waals surface area contributed by atoms with Gasteiger partial charge in [-0.15, -0.1) is 0 Å². The molecular formula is C9H17N3O2S. The summed E-state index contributed by atoms with van der Waals surface area (Å²) in [5.41, 5.74) is 5.45. The largest absolute Gasteiger partial charge is 0.393 e. The molecule has 1 aliphatic rings. The molecule has 1 saturated heterocycles. The Morgan fingerprint density at radius 1 is 1.60 bits per heavy atom. The maximum absolute atomic E-state index is 11.6. The van der Waals surface area contributed by atoms with Gasteiger partial charge in [-0.1, -0.05) is 19.1 Å². The van der Waals surface area contributed by atoms with Crippen LogP contribution in [0, 0.1) is 5.92 Å². The van der Waals surface area contributed by atoms with E-state index in [0.29, 0.717) is 37.8 Å². The van der Waals surface area contributed by atoms with Gasteiger partial charge in [0, 0.05) is 25.6 Å². The predicted molar refractivity (Wildman–Crippen MR) is 61.7 cm³/mol. The molecule has 0 aliphatic carbocycles. The van der Waals surface area contributed by atoms with Crippen molar-refractivity contribution in [3.63, 3.8) is 0 Å². The number of nitrogens with one attached hydrogen (secondary N) is 1. The van der Waals surface area contributed by atoms with Crippen LogP contribution in [0.25, 0.3) is 0 Å². The van der Waals surface area contributed by atoms with Crippen LogP contribution in [0.1, 0.15) is 6.92 Å². The first kappa shape index (κ1) is 12.2. The summed E-state index contributed by atoms with van der Waals surface area (Å²) in [4.78, 5) is 13.8. The van der Waals surface area contributed by atoms with Gasteiger partial charge in [0.1, 0.15) is 0 Å². The van der Waals surface area contributed by atoms with Crippen molar-refractivity contribution in [2.24, 2.45) is 11.7 Å². The molecule has 86 valence electrons. The summed E-state index contributed by atoms with van der Waals surface area (Å²) >= 11 is 4.82. The van der Waals surface area contributed by atoms with Crippen LogP contribution in [0.15, 0.2) is 0 Å². The molecule has 0 spiro atoms. The van der Waals surface area contributed by atoms with Crippen molar-refractivity contribution in [1.82, 2.24) is 10.2 Å². The normalized spacial score (nSPS) is 18.3. The van der Waals surface area contributed by atoms with Crippen molar-refractivity contribution in [1.29, 1.82) is 0 Å². The van der Waals surface area contributed by atoms with Crippen molar-refractivity contribution in [2.45, 2.75) is 6.92 Å². The molecule has 6 heteroatoms.